The molecule has 0 radical (unpaired) electrons. The van der Waals surface area contributed by atoms with Gasteiger partial charge in [0.25, 0.3) is 0 Å². The van der Waals surface area contributed by atoms with Crippen LogP contribution < -0.4 is 5.73 Å². The van der Waals surface area contributed by atoms with E-state index in [4.69, 9.17) is 10.5 Å². The molecule has 0 bridgehead atoms. The number of morpholine rings is 1. The standard InChI is InChI=1S/C13H19BrN2O/c1-10(16-6-8-17-9-7-16)13(15)11-2-4-12(14)5-3-11/h2-5,10,13H,6-9,15H2,1H3. The Morgan fingerprint density at radius 2 is 1.82 bits per heavy atom. The zero-order valence-electron chi connectivity index (χ0n) is 10.1. The Balaban J connectivity index is 2.02. The minimum absolute atomic E-state index is 0.0567. The summed E-state index contributed by atoms with van der Waals surface area (Å²) in [5.74, 6) is 0. The zero-order valence-corrected chi connectivity index (χ0v) is 11.7. The van der Waals surface area contributed by atoms with E-state index in [1.165, 1.54) is 5.56 Å². The van der Waals surface area contributed by atoms with Crippen LogP contribution in [0.5, 0.6) is 0 Å². The molecule has 2 N–H and O–H groups in total. The van der Waals surface area contributed by atoms with Crippen LogP contribution in [0.15, 0.2) is 28.7 Å². The molecule has 1 saturated heterocycles. The van der Waals surface area contributed by atoms with Gasteiger partial charge >= 0.3 is 0 Å². The van der Waals surface area contributed by atoms with Crippen molar-refractivity contribution in [2.45, 2.75) is 19.0 Å². The van der Waals surface area contributed by atoms with Crippen LogP contribution in [0.1, 0.15) is 18.5 Å². The van der Waals surface area contributed by atoms with Gasteiger partial charge in [-0.05, 0) is 24.6 Å². The molecular weight excluding hydrogens is 280 g/mol. The maximum atomic E-state index is 6.32. The number of rotatable bonds is 3. The highest BCUT2D eigenvalue weighted by atomic mass is 79.9. The van der Waals surface area contributed by atoms with Gasteiger partial charge in [-0.25, -0.2) is 0 Å². The first-order chi connectivity index (χ1) is 8.18. The molecule has 2 atom stereocenters. The van der Waals surface area contributed by atoms with Gasteiger partial charge in [-0.3, -0.25) is 4.90 Å². The topological polar surface area (TPSA) is 38.5 Å². The first-order valence-corrected chi connectivity index (χ1v) is 6.80. The molecule has 1 aliphatic heterocycles. The van der Waals surface area contributed by atoms with Crippen molar-refractivity contribution in [1.29, 1.82) is 0 Å². The van der Waals surface area contributed by atoms with E-state index in [-0.39, 0.29) is 6.04 Å². The van der Waals surface area contributed by atoms with Crippen molar-refractivity contribution in [3.8, 4) is 0 Å². The first kappa shape index (κ1) is 13.0. The predicted molar refractivity (Wildman–Crippen MR) is 72.9 cm³/mol. The average Bonchev–Trinajstić information content (AvgIpc) is 2.39. The van der Waals surface area contributed by atoms with Gasteiger partial charge in [0.15, 0.2) is 0 Å². The third-order valence-corrected chi connectivity index (χ3v) is 3.92. The smallest absolute Gasteiger partial charge is 0.0594 e. The lowest BCUT2D eigenvalue weighted by Gasteiger charge is -2.35. The predicted octanol–water partition coefficient (Wildman–Crippen LogP) is 2.17. The number of halogens is 1. The van der Waals surface area contributed by atoms with Gasteiger partial charge in [0.1, 0.15) is 0 Å². The summed E-state index contributed by atoms with van der Waals surface area (Å²) in [5.41, 5.74) is 7.51. The van der Waals surface area contributed by atoms with Gasteiger partial charge in [-0.1, -0.05) is 28.1 Å². The summed E-state index contributed by atoms with van der Waals surface area (Å²) in [4.78, 5) is 2.40. The number of hydrogen-bond donors (Lipinski definition) is 1. The van der Waals surface area contributed by atoms with Gasteiger partial charge in [0, 0.05) is 29.6 Å². The van der Waals surface area contributed by atoms with Crippen LogP contribution in [0, 0.1) is 0 Å². The molecule has 4 heteroatoms. The number of nitrogens with zero attached hydrogens (tertiary/aromatic N) is 1. The molecule has 0 aliphatic carbocycles. The van der Waals surface area contributed by atoms with Gasteiger partial charge in [0.05, 0.1) is 13.2 Å². The summed E-state index contributed by atoms with van der Waals surface area (Å²) in [6.45, 7) is 5.78. The lowest BCUT2D eigenvalue weighted by molar-refractivity contribution is 0.0150. The summed E-state index contributed by atoms with van der Waals surface area (Å²) in [5, 5.41) is 0. The van der Waals surface area contributed by atoms with Gasteiger partial charge < -0.3 is 10.5 Å². The molecule has 3 nitrogen and oxygen atoms in total. The van der Waals surface area contributed by atoms with Crippen LogP contribution in [0.4, 0.5) is 0 Å². The second-order valence-corrected chi connectivity index (χ2v) is 5.38. The maximum absolute atomic E-state index is 6.32. The molecule has 1 aliphatic rings. The molecule has 0 aromatic heterocycles. The van der Waals surface area contributed by atoms with Crippen LogP contribution in [-0.2, 0) is 4.74 Å². The highest BCUT2D eigenvalue weighted by Gasteiger charge is 2.23. The summed E-state index contributed by atoms with van der Waals surface area (Å²) >= 11 is 3.44. The zero-order chi connectivity index (χ0) is 12.3. The second-order valence-electron chi connectivity index (χ2n) is 4.47. The molecule has 17 heavy (non-hydrogen) atoms. The van der Waals surface area contributed by atoms with Crippen LogP contribution in [-0.4, -0.2) is 37.2 Å². The van der Waals surface area contributed by atoms with Crippen LogP contribution in [0.25, 0.3) is 0 Å². The summed E-state index contributed by atoms with van der Waals surface area (Å²) < 4.78 is 6.45. The minimum Gasteiger partial charge on any atom is -0.379 e. The van der Waals surface area contributed by atoms with Crippen molar-refractivity contribution >= 4 is 15.9 Å². The molecule has 0 saturated carbocycles. The second kappa shape index (κ2) is 5.96. The Bertz CT molecular complexity index is 349. The van der Waals surface area contributed by atoms with E-state index >= 15 is 0 Å². The van der Waals surface area contributed by atoms with Crippen molar-refractivity contribution in [3.05, 3.63) is 34.3 Å². The van der Waals surface area contributed by atoms with E-state index in [2.05, 4.69) is 39.9 Å². The van der Waals surface area contributed by atoms with Crippen molar-refractivity contribution in [2.75, 3.05) is 26.3 Å². The maximum Gasteiger partial charge on any atom is 0.0594 e. The van der Waals surface area contributed by atoms with E-state index in [1.807, 2.05) is 12.1 Å². The van der Waals surface area contributed by atoms with Gasteiger partial charge in [-0.15, -0.1) is 0 Å². The Hall–Kier alpha value is -0.420. The first-order valence-electron chi connectivity index (χ1n) is 6.01. The van der Waals surface area contributed by atoms with E-state index in [0.29, 0.717) is 6.04 Å². The van der Waals surface area contributed by atoms with Crippen LogP contribution in [0.2, 0.25) is 0 Å². The largest absolute Gasteiger partial charge is 0.379 e. The van der Waals surface area contributed by atoms with Crippen molar-refractivity contribution in [1.82, 2.24) is 4.90 Å². The Labute approximate surface area is 111 Å². The minimum atomic E-state index is 0.0567. The van der Waals surface area contributed by atoms with Gasteiger partial charge in [0.2, 0.25) is 0 Å². The highest BCUT2D eigenvalue weighted by molar-refractivity contribution is 9.10. The summed E-state index contributed by atoms with van der Waals surface area (Å²) in [6, 6.07) is 8.67. The number of hydrogen-bond acceptors (Lipinski definition) is 3. The third-order valence-electron chi connectivity index (χ3n) is 3.40. The molecule has 94 valence electrons. The number of benzene rings is 1. The van der Waals surface area contributed by atoms with E-state index in [0.717, 1.165) is 30.8 Å². The van der Waals surface area contributed by atoms with Crippen molar-refractivity contribution in [2.24, 2.45) is 5.73 Å². The number of ether oxygens (including phenoxy) is 1. The fraction of sp³-hybridized carbons (Fsp3) is 0.538. The Kier molecular flexibility index (Phi) is 4.56. The molecule has 2 unspecified atom stereocenters. The van der Waals surface area contributed by atoms with Crippen LogP contribution in [0.3, 0.4) is 0 Å². The molecule has 0 amide bonds. The lowest BCUT2D eigenvalue weighted by atomic mass is 10.00. The van der Waals surface area contributed by atoms with E-state index in [9.17, 15) is 0 Å². The molecule has 2 rings (SSSR count). The fourth-order valence-electron chi connectivity index (χ4n) is 2.18. The number of nitrogens with two attached hydrogens (primary N) is 1. The van der Waals surface area contributed by atoms with Crippen molar-refractivity contribution < 1.29 is 4.74 Å². The van der Waals surface area contributed by atoms with E-state index in [1.54, 1.807) is 0 Å². The quantitative estimate of drug-likeness (QED) is 0.929. The van der Waals surface area contributed by atoms with Gasteiger partial charge in [-0.2, -0.15) is 0 Å². The summed E-state index contributed by atoms with van der Waals surface area (Å²) in [7, 11) is 0. The molecule has 1 fully saturated rings. The average molecular weight is 299 g/mol. The molecule has 1 aromatic rings. The summed E-state index contributed by atoms with van der Waals surface area (Å²) in [6.07, 6.45) is 0. The Morgan fingerprint density at radius 1 is 1.24 bits per heavy atom. The van der Waals surface area contributed by atoms with E-state index < -0.39 is 0 Å². The third kappa shape index (κ3) is 3.28. The normalized spacial score (nSPS) is 21.1. The monoisotopic (exact) mass is 298 g/mol. The SMILES string of the molecule is CC(C(N)c1ccc(Br)cc1)N1CCOCC1. The molecular formula is C13H19BrN2O. The molecule has 1 aromatic carbocycles. The molecule has 0 spiro atoms. The molecule has 1 heterocycles. The fourth-order valence-corrected chi connectivity index (χ4v) is 2.44. The van der Waals surface area contributed by atoms with Crippen LogP contribution >= 0.6 is 15.9 Å². The highest BCUT2D eigenvalue weighted by Crippen LogP contribution is 2.21. The lowest BCUT2D eigenvalue weighted by Crippen LogP contribution is -2.46. The van der Waals surface area contributed by atoms with Crippen molar-refractivity contribution in [3.63, 3.8) is 0 Å². The Morgan fingerprint density at radius 3 is 2.41 bits per heavy atom.